The van der Waals surface area contributed by atoms with Crippen molar-refractivity contribution in [3.63, 3.8) is 0 Å². The lowest BCUT2D eigenvalue weighted by Gasteiger charge is -2.10. The fourth-order valence-corrected chi connectivity index (χ4v) is 1.82. The van der Waals surface area contributed by atoms with Crippen LogP contribution in [0.25, 0.3) is 0 Å². The summed E-state index contributed by atoms with van der Waals surface area (Å²) >= 11 is 5.93. The average Bonchev–Trinajstić information content (AvgIpc) is 2.41. The van der Waals surface area contributed by atoms with Crippen LogP contribution in [0.2, 0.25) is 5.02 Å². The van der Waals surface area contributed by atoms with Crippen molar-refractivity contribution in [1.29, 1.82) is 0 Å². The van der Waals surface area contributed by atoms with Gasteiger partial charge in [0.15, 0.2) is 0 Å². The van der Waals surface area contributed by atoms with E-state index in [0.717, 1.165) is 0 Å². The standard InChI is InChI=1S/C14H11ClFNO2/c1-19-13-8-9(16)6-7-12(13)17-14(18)10-4-2-3-5-11(10)15/h2-8H,1H3,(H,17,18). The predicted octanol–water partition coefficient (Wildman–Crippen LogP) is 3.74. The summed E-state index contributed by atoms with van der Waals surface area (Å²) in [5.74, 6) is -0.566. The topological polar surface area (TPSA) is 38.3 Å². The number of halogens is 2. The molecule has 0 heterocycles. The number of amides is 1. The molecule has 0 fully saturated rings. The molecule has 0 aliphatic rings. The molecule has 1 amide bonds. The van der Waals surface area contributed by atoms with Crippen molar-refractivity contribution in [2.75, 3.05) is 12.4 Å². The SMILES string of the molecule is COc1cc(F)ccc1NC(=O)c1ccccc1Cl. The Morgan fingerprint density at radius 1 is 1.26 bits per heavy atom. The van der Waals surface area contributed by atoms with Crippen molar-refractivity contribution in [3.05, 3.63) is 58.9 Å². The minimum Gasteiger partial charge on any atom is -0.494 e. The van der Waals surface area contributed by atoms with Crippen molar-refractivity contribution >= 4 is 23.2 Å². The minimum atomic E-state index is -0.437. The minimum absolute atomic E-state index is 0.250. The van der Waals surface area contributed by atoms with Crippen LogP contribution in [-0.2, 0) is 0 Å². The number of anilines is 1. The van der Waals surface area contributed by atoms with Crippen molar-refractivity contribution in [2.45, 2.75) is 0 Å². The van der Waals surface area contributed by atoms with Gasteiger partial charge in [0.1, 0.15) is 11.6 Å². The lowest BCUT2D eigenvalue weighted by Crippen LogP contribution is -2.13. The smallest absolute Gasteiger partial charge is 0.257 e. The summed E-state index contributed by atoms with van der Waals surface area (Å²) in [7, 11) is 1.40. The van der Waals surface area contributed by atoms with Gasteiger partial charge in [-0.25, -0.2) is 4.39 Å². The largest absolute Gasteiger partial charge is 0.494 e. The van der Waals surface area contributed by atoms with Crippen LogP contribution in [0.3, 0.4) is 0 Å². The van der Waals surface area contributed by atoms with Gasteiger partial charge in [-0.05, 0) is 24.3 Å². The van der Waals surface area contributed by atoms with Crippen LogP contribution >= 0.6 is 11.6 Å². The predicted molar refractivity (Wildman–Crippen MR) is 72.4 cm³/mol. The number of methoxy groups -OCH3 is 1. The molecule has 1 N–H and O–H groups in total. The number of nitrogens with one attached hydrogen (secondary N) is 1. The first kappa shape index (κ1) is 13.4. The van der Waals surface area contributed by atoms with Crippen LogP contribution in [0.4, 0.5) is 10.1 Å². The van der Waals surface area contributed by atoms with Gasteiger partial charge in [-0.15, -0.1) is 0 Å². The molecule has 98 valence electrons. The first-order valence-electron chi connectivity index (χ1n) is 5.51. The Balaban J connectivity index is 2.27. The van der Waals surface area contributed by atoms with Gasteiger partial charge in [0, 0.05) is 6.07 Å². The molecule has 0 saturated carbocycles. The molecule has 2 rings (SSSR count). The van der Waals surface area contributed by atoms with Crippen molar-refractivity contribution in [1.82, 2.24) is 0 Å². The van der Waals surface area contributed by atoms with Gasteiger partial charge in [-0.1, -0.05) is 23.7 Å². The molecule has 0 radical (unpaired) electrons. The maximum Gasteiger partial charge on any atom is 0.257 e. The zero-order chi connectivity index (χ0) is 13.8. The first-order valence-corrected chi connectivity index (χ1v) is 5.89. The monoisotopic (exact) mass is 279 g/mol. The normalized spacial score (nSPS) is 10.1. The first-order chi connectivity index (χ1) is 9.11. The summed E-state index contributed by atoms with van der Waals surface area (Å²) in [6.45, 7) is 0. The molecule has 3 nitrogen and oxygen atoms in total. The number of carbonyl (C=O) groups is 1. The summed E-state index contributed by atoms with van der Waals surface area (Å²) < 4.78 is 18.1. The second kappa shape index (κ2) is 5.71. The van der Waals surface area contributed by atoms with Crippen LogP contribution in [0.15, 0.2) is 42.5 Å². The molecule has 5 heteroatoms. The summed E-state index contributed by atoms with van der Waals surface area (Å²) in [6.07, 6.45) is 0. The van der Waals surface area contributed by atoms with Crippen molar-refractivity contribution < 1.29 is 13.9 Å². The molecule has 0 aromatic heterocycles. The zero-order valence-electron chi connectivity index (χ0n) is 10.1. The van der Waals surface area contributed by atoms with Crippen LogP contribution in [0.5, 0.6) is 5.75 Å². The lowest BCUT2D eigenvalue weighted by atomic mass is 10.2. The fraction of sp³-hybridized carbons (Fsp3) is 0.0714. The van der Waals surface area contributed by atoms with E-state index in [-0.39, 0.29) is 11.7 Å². The molecule has 0 aliphatic carbocycles. The maximum absolute atomic E-state index is 13.0. The van der Waals surface area contributed by atoms with Crippen LogP contribution in [0.1, 0.15) is 10.4 Å². The Morgan fingerprint density at radius 3 is 2.68 bits per heavy atom. The van der Waals surface area contributed by atoms with Gasteiger partial charge in [-0.3, -0.25) is 4.79 Å². The van der Waals surface area contributed by atoms with Gasteiger partial charge in [-0.2, -0.15) is 0 Å². The summed E-state index contributed by atoms with van der Waals surface area (Å²) in [4.78, 5) is 12.0. The molecule has 2 aromatic carbocycles. The van der Waals surface area contributed by atoms with E-state index < -0.39 is 5.82 Å². The average molecular weight is 280 g/mol. The third kappa shape index (κ3) is 3.03. The Kier molecular flexibility index (Phi) is 4.02. The number of hydrogen-bond donors (Lipinski definition) is 1. The highest BCUT2D eigenvalue weighted by Gasteiger charge is 2.12. The van der Waals surface area contributed by atoms with E-state index in [9.17, 15) is 9.18 Å². The van der Waals surface area contributed by atoms with E-state index >= 15 is 0 Å². The number of ether oxygens (including phenoxy) is 1. The maximum atomic E-state index is 13.0. The molecule has 2 aromatic rings. The van der Waals surface area contributed by atoms with Crippen LogP contribution in [0, 0.1) is 5.82 Å². The number of rotatable bonds is 3. The third-order valence-electron chi connectivity index (χ3n) is 2.53. The molecular formula is C14H11ClFNO2. The molecule has 0 bridgehead atoms. The number of carbonyl (C=O) groups excluding carboxylic acids is 1. The second-order valence-corrected chi connectivity index (χ2v) is 4.19. The molecule has 0 saturated heterocycles. The molecule has 0 aliphatic heterocycles. The highest BCUT2D eigenvalue weighted by molar-refractivity contribution is 6.34. The lowest BCUT2D eigenvalue weighted by molar-refractivity contribution is 0.102. The summed E-state index contributed by atoms with van der Waals surface area (Å²) in [5, 5.41) is 2.98. The van der Waals surface area contributed by atoms with Crippen molar-refractivity contribution in [2.24, 2.45) is 0 Å². The van der Waals surface area contributed by atoms with Gasteiger partial charge in [0.2, 0.25) is 0 Å². The second-order valence-electron chi connectivity index (χ2n) is 3.78. The highest BCUT2D eigenvalue weighted by Crippen LogP contribution is 2.26. The molecule has 0 unspecified atom stereocenters. The van der Waals surface area contributed by atoms with E-state index in [1.807, 2.05) is 0 Å². The Hall–Kier alpha value is -2.07. The van der Waals surface area contributed by atoms with E-state index in [4.69, 9.17) is 16.3 Å². The Morgan fingerprint density at radius 2 is 2.00 bits per heavy atom. The van der Waals surface area contributed by atoms with Crippen LogP contribution < -0.4 is 10.1 Å². The van der Waals surface area contributed by atoms with Gasteiger partial charge in [0.25, 0.3) is 5.91 Å². The highest BCUT2D eigenvalue weighted by atomic mass is 35.5. The number of hydrogen-bond acceptors (Lipinski definition) is 2. The Bertz CT molecular complexity index is 616. The van der Waals surface area contributed by atoms with Crippen LogP contribution in [-0.4, -0.2) is 13.0 Å². The molecule has 0 atom stereocenters. The van der Waals surface area contributed by atoms with Gasteiger partial charge in [0.05, 0.1) is 23.4 Å². The summed E-state index contributed by atoms with van der Waals surface area (Å²) in [6, 6.07) is 10.5. The van der Waals surface area contributed by atoms with Gasteiger partial charge >= 0.3 is 0 Å². The Labute approximate surface area is 115 Å². The molecular weight excluding hydrogens is 269 g/mol. The zero-order valence-corrected chi connectivity index (χ0v) is 10.9. The fourth-order valence-electron chi connectivity index (χ4n) is 1.60. The quantitative estimate of drug-likeness (QED) is 0.929. The summed E-state index contributed by atoms with van der Waals surface area (Å²) in [5.41, 5.74) is 0.726. The van der Waals surface area contributed by atoms with E-state index in [0.29, 0.717) is 16.3 Å². The van der Waals surface area contributed by atoms with E-state index in [1.165, 1.54) is 25.3 Å². The van der Waals surface area contributed by atoms with E-state index in [1.54, 1.807) is 24.3 Å². The molecule has 19 heavy (non-hydrogen) atoms. The van der Waals surface area contributed by atoms with Gasteiger partial charge < -0.3 is 10.1 Å². The number of benzene rings is 2. The van der Waals surface area contributed by atoms with Crippen molar-refractivity contribution in [3.8, 4) is 5.75 Å². The third-order valence-corrected chi connectivity index (χ3v) is 2.86. The molecule has 0 spiro atoms. The van der Waals surface area contributed by atoms with E-state index in [2.05, 4.69) is 5.32 Å².